The number of rotatable bonds is 6. The van der Waals surface area contributed by atoms with Crippen molar-refractivity contribution < 1.29 is 14.0 Å². The first kappa shape index (κ1) is 12.9. The Labute approximate surface area is 93.3 Å². The average Bonchev–Trinajstić information content (AvgIpc) is 2.33. The van der Waals surface area contributed by atoms with Crippen molar-refractivity contribution in [2.75, 3.05) is 20.4 Å². The van der Waals surface area contributed by atoms with Gasteiger partial charge in [0, 0.05) is 14.2 Å². The largest absolute Gasteiger partial charge is 0.396 e. The minimum atomic E-state index is -2.27. The van der Waals surface area contributed by atoms with Crippen LogP contribution in [-0.2, 0) is 8.85 Å². The van der Waals surface area contributed by atoms with Gasteiger partial charge in [0.1, 0.15) is 0 Å². The Morgan fingerprint density at radius 3 is 2.53 bits per heavy atom. The number of hydrogen-bond donors (Lipinski definition) is 1. The van der Waals surface area contributed by atoms with Gasteiger partial charge in [-0.3, -0.25) is 0 Å². The van der Waals surface area contributed by atoms with Gasteiger partial charge >= 0.3 is 8.56 Å². The van der Waals surface area contributed by atoms with Crippen LogP contribution in [0.25, 0.3) is 0 Å². The lowest BCUT2D eigenvalue weighted by atomic mass is 9.92. The molecule has 3 nitrogen and oxygen atoms in total. The van der Waals surface area contributed by atoms with Crippen LogP contribution in [0.4, 0.5) is 0 Å². The molecule has 1 atom stereocenters. The van der Waals surface area contributed by atoms with Crippen LogP contribution >= 0.6 is 0 Å². The molecule has 1 rings (SSSR count). The van der Waals surface area contributed by atoms with E-state index in [-0.39, 0.29) is 6.23 Å². The first-order valence-electron chi connectivity index (χ1n) is 5.62. The minimum absolute atomic E-state index is 0.0581. The molecule has 0 radical (unpaired) electrons. The number of aliphatic hydroxyl groups excluding tert-OH is 1. The summed E-state index contributed by atoms with van der Waals surface area (Å²) < 4.78 is 10.8. The topological polar surface area (TPSA) is 38.7 Å². The van der Waals surface area contributed by atoms with Gasteiger partial charge in [-0.1, -0.05) is 12.2 Å². The van der Waals surface area contributed by atoms with Crippen molar-refractivity contribution in [3.05, 3.63) is 12.2 Å². The molecule has 0 spiro atoms. The van der Waals surface area contributed by atoms with Crippen LogP contribution in [0.5, 0.6) is 0 Å². The zero-order valence-electron chi connectivity index (χ0n) is 9.74. The van der Waals surface area contributed by atoms with E-state index in [0.717, 1.165) is 18.4 Å². The molecule has 0 aromatic carbocycles. The first-order chi connectivity index (χ1) is 7.26. The molecular weight excluding hydrogens is 208 g/mol. The third-order valence-corrected chi connectivity index (χ3v) is 6.32. The maximum atomic E-state index is 9.30. The Hall–Kier alpha value is -0.163. The fraction of sp³-hybridized carbons (Fsp3) is 0.818. The van der Waals surface area contributed by atoms with E-state index >= 15 is 0 Å². The number of allylic oxidation sites excluding steroid dienone is 2. The Morgan fingerprint density at radius 2 is 2.07 bits per heavy atom. The fourth-order valence-corrected chi connectivity index (χ4v) is 3.88. The molecule has 0 aliphatic heterocycles. The van der Waals surface area contributed by atoms with Crippen molar-refractivity contribution >= 4 is 8.56 Å². The normalized spacial score (nSPS) is 21.9. The zero-order valence-corrected chi connectivity index (χ0v) is 10.7. The Kier molecular flexibility index (Phi) is 5.53. The van der Waals surface area contributed by atoms with E-state index in [4.69, 9.17) is 8.85 Å². The molecule has 1 aliphatic carbocycles. The van der Waals surface area contributed by atoms with E-state index < -0.39 is 8.56 Å². The van der Waals surface area contributed by atoms with Crippen molar-refractivity contribution in [3.8, 4) is 0 Å². The molecule has 0 fully saturated rings. The van der Waals surface area contributed by atoms with Crippen LogP contribution in [0.3, 0.4) is 0 Å². The van der Waals surface area contributed by atoms with E-state index in [1.807, 2.05) is 0 Å². The molecule has 0 aromatic rings. The summed E-state index contributed by atoms with van der Waals surface area (Å²) in [6, 6.07) is 0.898. The molecule has 1 aliphatic rings. The molecule has 0 aromatic heterocycles. The van der Waals surface area contributed by atoms with Gasteiger partial charge in [0.05, 0.1) is 6.23 Å². The second kappa shape index (κ2) is 6.43. The van der Waals surface area contributed by atoms with E-state index in [0.29, 0.717) is 0 Å². The molecule has 0 amide bonds. The molecule has 1 N–H and O–H groups in total. The van der Waals surface area contributed by atoms with Crippen molar-refractivity contribution in [1.82, 2.24) is 0 Å². The molecule has 88 valence electrons. The van der Waals surface area contributed by atoms with Gasteiger partial charge in [0.25, 0.3) is 0 Å². The summed E-state index contributed by atoms with van der Waals surface area (Å²) in [4.78, 5) is 0. The Balaban J connectivity index is 2.35. The quantitative estimate of drug-likeness (QED) is 0.560. The predicted molar refractivity (Wildman–Crippen MR) is 62.8 cm³/mol. The maximum Gasteiger partial charge on any atom is 0.364 e. The third kappa shape index (κ3) is 3.72. The SMILES string of the molecule is CO[Si](CO)(CCC1CC=CCC1)OC. The van der Waals surface area contributed by atoms with Crippen LogP contribution in [-0.4, -0.2) is 34.1 Å². The highest BCUT2D eigenvalue weighted by Gasteiger charge is 2.35. The highest BCUT2D eigenvalue weighted by Crippen LogP contribution is 2.26. The summed E-state index contributed by atoms with van der Waals surface area (Å²) in [5.74, 6) is 0.749. The Bertz CT molecular complexity index is 194. The molecule has 15 heavy (non-hydrogen) atoms. The molecular formula is C11H22O3Si. The van der Waals surface area contributed by atoms with Gasteiger partial charge in [-0.15, -0.1) is 0 Å². The zero-order chi connectivity index (χ0) is 11.1. The summed E-state index contributed by atoms with van der Waals surface area (Å²) in [6.45, 7) is 0. The van der Waals surface area contributed by atoms with Crippen LogP contribution in [0.1, 0.15) is 25.7 Å². The van der Waals surface area contributed by atoms with Gasteiger partial charge in [0.2, 0.25) is 0 Å². The Morgan fingerprint density at radius 1 is 1.33 bits per heavy atom. The van der Waals surface area contributed by atoms with Crippen LogP contribution in [0.15, 0.2) is 12.2 Å². The minimum Gasteiger partial charge on any atom is -0.396 e. The standard InChI is InChI=1S/C11H22O3Si/c1-13-15(10-12,14-2)9-8-11-6-4-3-5-7-11/h3-4,11-12H,5-10H2,1-2H3. The molecule has 0 saturated heterocycles. The third-order valence-electron chi connectivity index (χ3n) is 3.30. The van der Waals surface area contributed by atoms with Gasteiger partial charge in [-0.2, -0.15) is 0 Å². The molecule has 0 bridgehead atoms. The molecule has 0 heterocycles. The molecule has 1 unspecified atom stereocenters. The summed E-state index contributed by atoms with van der Waals surface area (Å²) >= 11 is 0. The predicted octanol–water partition coefficient (Wildman–Crippen LogP) is 2.00. The smallest absolute Gasteiger partial charge is 0.364 e. The second-order valence-corrected chi connectivity index (χ2v) is 7.62. The van der Waals surface area contributed by atoms with E-state index in [1.54, 1.807) is 14.2 Å². The molecule has 0 saturated carbocycles. The summed E-state index contributed by atoms with van der Waals surface area (Å²) in [7, 11) is 1.02. The van der Waals surface area contributed by atoms with E-state index in [1.165, 1.54) is 19.3 Å². The summed E-state index contributed by atoms with van der Waals surface area (Å²) in [5.41, 5.74) is 0. The van der Waals surface area contributed by atoms with Crippen molar-refractivity contribution in [2.24, 2.45) is 5.92 Å². The van der Waals surface area contributed by atoms with Crippen molar-refractivity contribution in [2.45, 2.75) is 31.7 Å². The summed E-state index contributed by atoms with van der Waals surface area (Å²) in [5, 5.41) is 9.30. The van der Waals surface area contributed by atoms with Crippen molar-refractivity contribution in [1.29, 1.82) is 0 Å². The maximum absolute atomic E-state index is 9.30. The lowest BCUT2D eigenvalue weighted by molar-refractivity contribution is 0.193. The first-order valence-corrected chi connectivity index (χ1v) is 7.85. The monoisotopic (exact) mass is 230 g/mol. The van der Waals surface area contributed by atoms with E-state index in [9.17, 15) is 5.11 Å². The summed E-state index contributed by atoms with van der Waals surface area (Å²) in [6.07, 6.45) is 9.30. The lowest BCUT2D eigenvalue weighted by Crippen LogP contribution is -2.44. The van der Waals surface area contributed by atoms with Crippen LogP contribution in [0, 0.1) is 5.92 Å². The van der Waals surface area contributed by atoms with Gasteiger partial charge < -0.3 is 14.0 Å². The highest BCUT2D eigenvalue weighted by molar-refractivity contribution is 6.67. The van der Waals surface area contributed by atoms with Crippen LogP contribution in [0.2, 0.25) is 6.04 Å². The molecule has 4 heteroatoms. The lowest BCUT2D eigenvalue weighted by Gasteiger charge is -2.27. The van der Waals surface area contributed by atoms with Crippen molar-refractivity contribution in [3.63, 3.8) is 0 Å². The number of hydrogen-bond acceptors (Lipinski definition) is 3. The van der Waals surface area contributed by atoms with Gasteiger partial charge in [-0.25, -0.2) is 0 Å². The highest BCUT2D eigenvalue weighted by atomic mass is 28.4. The number of aliphatic hydroxyl groups is 1. The fourth-order valence-electron chi connectivity index (χ4n) is 2.04. The van der Waals surface area contributed by atoms with Crippen LogP contribution < -0.4 is 0 Å². The average molecular weight is 230 g/mol. The second-order valence-electron chi connectivity index (χ2n) is 4.17. The van der Waals surface area contributed by atoms with Gasteiger partial charge in [0.15, 0.2) is 0 Å². The van der Waals surface area contributed by atoms with Gasteiger partial charge in [-0.05, 0) is 37.6 Å². The van der Waals surface area contributed by atoms with E-state index in [2.05, 4.69) is 12.2 Å².